The summed E-state index contributed by atoms with van der Waals surface area (Å²) < 4.78 is 2.18. The molecule has 0 bridgehead atoms. The van der Waals surface area contributed by atoms with Gasteiger partial charge >= 0.3 is 0 Å². The van der Waals surface area contributed by atoms with E-state index in [2.05, 4.69) is 55.6 Å². The first-order valence-electron chi connectivity index (χ1n) is 5.81. The van der Waals surface area contributed by atoms with Crippen LogP contribution in [-0.2, 0) is 7.05 Å². The average molecular weight is 226 g/mol. The molecule has 2 heteroatoms. The summed E-state index contributed by atoms with van der Waals surface area (Å²) in [5, 5.41) is 0. The van der Waals surface area contributed by atoms with Crippen LogP contribution in [0.2, 0.25) is 0 Å². The van der Waals surface area contributed by atoms with E-state index in [1.165, 1.54) is 22.5 Å². The highest BCUT2D eigenvalue weighted by molar-refractivity contribution is 5.83. The van der Waals surface area contributed by atoms with Crippen LogP contribution in [0.5, 0.6) is 0 Å². The van der Waals surface area contributed by atoms with Gasteiger partial charge < -0.3 is 4.57 Å². The molecular weight excluding hydrogens is 208 g/mol. The Morgan fingerprint density at radius 2 is 1.71 bits per heavy atom. The highest BCUT2D eigenvalue weighted by Gasteiger charge is 2.02. The number of nitrogens with zero attached hydrogens (tertiary/aromatic N) is 2. The van der Waals surface area contributed by atoms with Gasteiger partial charge in [0, 0.05) is 30.2 Å². The van der Waals surface area contributed by atoms with Crippen LogP contribution in [0, 0.1) is 20.8 Å². The molecule has 0 fully saturated rings. The molecule has 17 heavy (non-hydrogen) atoms. The first-order chi connectivity index (χ1) is 8.08. The molecule has 2 nitrogen and oxygen atoms in total. The summed E-state index contributed by atoms with van der Waals surface area (Å²) in [5.74, 6) is 0. The van der Waals surface area contributed by atoms with E-state index in [4.69, 9.17) is 0 Å². The first-order valence-corrected chi connectivity index (χ1v) is 5.81. The predicted octanol–water partition coefficient (Wildman–Crippen LogP) is 3.70. The molecule has 0 saturated heterocycles. The van der Waals surface area contributed by atoms with Gasteiger partial charge in [-0.25, -0.2) is 0 Å². The number of rotatable bonds is 2. The lowest BCUT2D eigenvalue weighted by Gasteiger charge is -1.99. The third-order valence-corrected chi connectivity index (χ3v) is 3.20. The van der Waals surface area contributed by atoms with Gasteiger partial charge in [0.15, 0.2) is 0 Å². The molecule has 0 aliphatic heterocycles. The van der Waals surface area contributed by atoms with Gasteiger partial charge in [-0.3, -0.25) is 4.99 Å². The molecule has 0 unspecified atom stereocenters. The fraction of sp³-hybridized carbons (Fsp3) is 0.267. The minimum atomic E-state index is 0.997. The van der Waals surface area contributed by atoms with Crippen molar-refractivity contribution in [3.63, 3.8) is 0 Å². The number of aliphatic imine (C=N–C) groups is 1. The summed E-state index contributed by atoms with van der Waals surface area (Å²) >= 11 is 0. The molecule has 2 rings (SSSR count). The van der Waals surface area contributed by atoms with Crippen molar-refractivity contribution in [1.82, 2.24) is 4.57 Å². The van der Waals surface area contributed by atoms with Gasteiger partial charge in [0.05, 0.1) is 5.69 Å². The van der Waals surface area contributed by atoms with E-state index in [-0.39, 0.29) is 0 Å². The van der Waals surface area contributed by atoms with Crippen molar-refractivity contribution in [3.05, 3.63) is 52.8 Å². The maximum absolute atomic E-state index is 4.49. The maximum atomic E-state index is 4.49. The third-order valence-electron chi connectivity index (χ3n) is 3.20. The number of aromatic nitrogens is 1. The Hall–Kier alpha value is -1.83. The fourth-order valence-corrected chi connectivity index (χ4v) is 1.79. The van der Waals surface area contributed by atoms with Gasteiger partial charge in [-0.1, -0.05) is 17.7 Å². The predicted molar refractivity (Wildman–Crippen MR) is 73.3 cm³/mol. The Balaban J connectivity index is 2.26. The van der Waals surface area contributed by atoms with E-state index in [9.17, 15) is 0 Å². The zero-order chi connectivity index (χ0) is 12.4. The summed E-state index contributed by atoms with van der Waals surface area (Å²) in [6.07, 6.45) is 1.94. The third kappa shape index (κ3) is 2.47. The van der Waals surface area contributed by atoms with Gasteiger partial charge in [-0.15, -0.1) is 0 Å². The molecule has 0 aliphatic carbocycles. The number of hydrogen-bond acceptors (Lipinski definition) is 1. The van der Waals surface area contributed by atoms with E-state index < -0.39 is 0 Å². The van der Waals surface area contributed by atoms with Crippen molar-refractivity contribution in [2.75, 3.05) is 0 Å². The second-order valence-electron chi connectivity index (χ2n) is 4.48. The Bertz CT molecular complexity index is 545. The maximum Gasteiger partial charge on any atom is 0.0630 e. The van der Waals surface area contributed by atoms with Crippen LogP contribution in [-0.4, -0.2) is 10.8 Å². The Kier molecular flexibility index (Phi) is 3.14. The zero-order valence-corrected chi connectivity index (χ0v) is 10.9. The molecule has 1 aromatic heterocycles. The monoisotopic (exact) mass is 226 g/mol. The van der Waals surface area contributed by atoms with E-state index in [0.717, 1.165) is 5.69 Å². The Labute approximate surface area is 103 Å². The van der Waals surface area contributed by atoms with Crippen molar-refractivity contribution in [3.8, 4) is 0 Å². The van der Waals surface area contributed by atoms with Crippen LogP contribution >= 0.6 is 0 Å². The molecular formula is C15H18N2. The SMILES string of the molecule is Cc1ccc(N=Cc2cc(C)n(C)c2C)cc1. The van der Waals surface area contributed by atoms with E-state index >= 15 is 0 Å². The summed E-state index contributed by atoms with van der Waals surface area (Å²) in [7, 11) is 2.08. The molecule has 0 radical (unpaired) electrons. The Morgan fingerprint density at radius 1 is 1.06 bits per heavy atom. The lowest BCUT2D eigenvalue weighted by molar-refractivity contribution is 0.843. The molecule has 2 aromatic rings. The van der Waals surface area contributed by atoms with Crippen molar-refractivity contribution in [1.29, 1.82) is 0 Å². The fourth-order valence-electron chi connectivity index (χ4n) is 1.79. The topological polar surface area (TPSA) is 17.3 Å². The van der Waals surface area contributed by atoms with Gasteiger partial charge in [-0.2, -0.15) is 0 Å². The number of aryl methyl sites for hydroxylation is 2. The van der Waals surface area contributed by atoms with E-state index in [1.807, 2.05) is 18.3 Å². The number of benzene rings is 1. The lowest BCUT2D eigenvalue weighted by Crippen LogP contribution is -1.93. The van der Waals surface area contributed by atoms with Gasteiger partial charge in [0.1, 0.15) is 0 Å². The molecule has 88 valence electrons. The minimum Gasteiger partial charge on any atom is -0.352 e. The minimum absolute atomic E-state index is 0.997. The van der Waals surface area contributed by atoms with E-state index in [1.54, 1.807) is 0 Å². The summed E-state index contributed by atoms with van der Waals surface area (Å²) in [6, 6.07) is 10.4. The van der Waals surface area contributed by atoms with Crippen molar-refractivity contribution in [2.24, 2.45) is 12.0 Å². The average Bonchev–Trinajstić information content (AvgIpc) is 2.56. The van der Waals surface area contributed by atoms with Crippen molar-refractivity contribution >= 4 is 11.9 Å². The van der Waals surface area contributed by atoms with Crippen LogP contribution in [0.25, 0.3) is 0 Å². The first kappa shape index (κ1) is 11.6. The van der Waals surface area contributed by atoms with Crippen LogP contribution in [0.1, 0.15) is 22.5 Å². The second-order valence-corrected chi connectivity index (χ2v) is 4.48. The van der Waals surface area contributed by atoms with Crippen molar-refractivity contribution < 1.29 is 0 Å². The van der Waals surface area contributed by atoms with E-state index in [0.29, 0.717) is 0 Å². The molecule has 1 heterocycles. The van der Waals surface area contributed by atoms with Crippen LogP contribution in [0.15, 0.2) is 35.3 Å². The Morgan fingerprint density at radius 3 is 2.24 bits per heavy atom. The number of hydrogen-bond donors (Lipinski definition) is 0. The molecule has 1 aromatic carbocycles. The molecule has 0 amide bonds. The summed E-state index contributed by atoms with van der Waals surface area (Å²) in [6.45, 7) is 6.30. The second kappa shape index (κ2) is 4.58. The molecule has 0 aliphatic rings. The van der Waals surface area contributed by atoms with Gasteiger partial charge in [-0.05, 0) is 39.0 Å². The van der Waals surface area contributed by atoms with Gasteiger partial charge in [0.2, 0.25) is 0 Å². The summed E-state index contributed by atoms with van der Waals surface area (Å²) in [5.41, 5.74) is 5.95. The molecule has 0 N–H and O–H groups in total. The molecule has 0 saturated carbocycles. The summed E-state index contributed by atoms with van der Waals surface area (Å²) in [4.78, 5) is 4.49. The van der Waals surface area contributed by atoms with Crippen LogP contribution in [0.4, 0.5) is 5.69 Å². The molecule has 0 spiro atoms. The van der Waals surface area contributed by atoms with Crippen LogP contribution < -0.4 is 0 Å². The van der Waals surface area contributed by atoms with Gasteiger partial charge in [0.25, 0.3) is 0 Å². The van der Waals surface area contributed by atoms with Crippen LogP contribution in [0.3, 0.4) is 0 Å². The van der Waals surface area contributed by atoms with Crippen molar-refractivity contribution in [2.45, 2.75) is 20.8 Å². The highest BCUT2D eigenvalue weighted by Crippen LogP contribution is 2.15. The lowest BCUT2D eigenvalue weighted by atomic mass is 10.2. The zero-order valence-electron chi connectivity index (χ0n) is 10.9. The quantitative estimate of drug-likeness (QED) is 0.695. The molecule has 0 atom stereocenters. The highest BCUT2D eigenvalue weighted by atomic mass is 14.9. The largest absolute Gasteiger partial charge is 0.352 e. The normalized spacial score (nSPS) is 11.3. The standard InChI is InChI=1S/C15H18N2/c1-11-5-7-15(8-6-11)16-10-14-9-12(2)17(4)13(14)3/h5-10H,1-4H3. The smallest absolute Gasteiger partial charge is 0.0630 e.